The van der Waals surface area contributed by atoms with Gasteiger partial charge in [-0.3, -0.25) is 4.79 Å². The fourth-order valence-electron chi connectivity index (χ4n) is 3.15. The summed E-state index contributed by atoms with van der Waals surface area (Å²) in [4.78, 5) is 12.5. The summed E-state index contributed by atoms with van der Waals surface area (Å²) >= 11 is 6.16. The maximum Gasteiger partial charge on any atom is 0.291 e. The number of anilines is 1. The normalized spacial score (nSPS) is 14.8. The lowest BCUT2D eigenvalue weighted by Crippen LogP contribution is -2.40. The molecule has 10 heteroatoms. The van der Waals surface area contributed by atoms with Crippen molar-refractivity contribution in [2.75, 3.05) is 31.6 Å². The highest BCUT2D eigenvalue weighted by atomic mass is 35.5. The second-order valence-electron chi connectivity index (χ2n) is 6.98. The Kier molecular flexibility index (Phi) is 6.80. The number of nitrogens with zero attached hydrogens (tertiary/aromatic N) is 1. The van der Waals surface area contributed by atoms with Crippen LogP contribution in [-0.2, 0) is 21.4 Å². The number of para-hydroxylation sites is 1. The Morgan fingerprint density at radius 3 is 2.56 bits per heavy atom. The van der Waals surface area contributed by atoms with Gasteiger partial charge in [-0.05, 0) is 42.5 Å². The average molecular weight is 477 g/mol. The lowest BCUT2D eigenvalue weighted by Gasteiger charge is -2.26. The topological polar surface area (TPSA) is 98.1 Å². The molecule has 8 nitrogen and oxygen atoms in total. The fraction of sp³-hybridized carbons (Fsp3) is 0.227. The van der Waals surface area contributed by atoms with Gasteiger partial charge in [-0.1, -0.05) is 29.8 Å². The number of furan rings is 1. The highest BCUT2D eigenvalue weighted by Crippen LogP contribution is 2.28. The third kappa shape index (κ3) is 5.13. The molecule has 1 N–H and O–H groups in total. The SMILES string of the molecule is O=C(Nc1ccc(Cl)c(S(=O)(=O)N2CCOCC2)c1)c1ccc(COc2ccccc2)o1. The first-order valence-corrected chi connectivity index (χ1v) is 11.7. The number of amides is 1. The Labute approximate surface area is 190 Å². The molecule has 1 saturated heterocycles. The van der Waals surface area contributed by atoms with E-state index in [0.29, 0.717) is 24.7 Å². The van der Waals surface area contributed by atoms with Crippen molar-refractivity contribution in [3.05, 3.63) is 77.2 Å². The molecule has 0 bridgehead atoms. The molecule has 32 heavy (non-hydrogen) atoms. The summed E-state index contributed by atoms with van der Waals surface area (Å²) in [6.45, 7) is 1.30. The number of nitrogens with one attached hydrogen (secondary N) is 1. The Bertz CT molecular complexity index is 1190. The van der Waals surface area contributed by atoms with Crippen LogP contribution in [-0.4, -0.2) is 44.9 Å². The van der Waals surface area contributed by atoms with Gasteiger partial charge in [0.25, 0.3) is 5.91 Å². The molecule has 4 rings (SSSR count). The quantitative estimate of drug-likeness (QED) is 0.557. The number of halogens is 1. The van der Waals surface area contributed by atoms with Gasteiger partial charge in [0.2, 0.25) is 10.0 Å². The van der Waals surface area contributed by atoms with Gasteiger partial charge in [0.1, 0.15) is 23.0 Å². The van der Waals surface area contributed by atoms with E-state index in [1.54, 1.807) is 6.07 Å². The summed E-state index contributed by atoms with van der Waals surface area (Å²) < 4.78 is 43.6. The molecule has 2 aromatic carbocycles. The van der Waals surface area contributed by atoms with Gasteiger partial charge in [-0.25, -0.2) is 8.42 Å². The molecular weight excluding hydrogens is 456 g/mol. The molecule has 0 saturated carbocycles. The highest BCUT2D eigenvalue weighted by molar-refractivity contribution is 7.89. The van der Waals surface area contributed by atoms with Gasteiger partial charge in [-0.2, -0.15) is 4.31 Å². The first-order valence-electron chi connectivity index (χ1n) is 9.89. The van der Waals surface area contributed by atoms with Crippen LogP contribution in [0.25, 0.3) is 0 Å². The van der Waals surface area contributed by atoms with E-state index >= 15 is 0 Å². The number of benzene rings is 2. The fourth-order valence-corrected chi connectivity index (χ4v) is 5.05. The second kappa shape index (κ2) is 9.74. The summed E-state index contributed by atoms with van der Waals surface area (Å²) in [7, 11) is -3.82. The van der Waals surface area contributed by atoms with Crippen LogP contribution in [0.5, 0.6) is 5.75 Å². The van der Waals surface area contributed by atoms with Crippen molar-refractivity contribution < 1.29 is 27.1 Å². The first-order chi connectivity index (χ1) is 15.4. The van der Waals surface area contributed by atoms with Crippen LogP contribution in [0.1, 0.15) is 16.3 Å². The Morgan fingerprint density at radius 1 is 1.06 bits per heavy atom. The Balaban J connectivity index is 1.44. The maximum atomic E-state index is 12.9. The monoisotopic (exact) mass is 476 g/mol. The van der Waals surface area contributed by atoms with E-state index < -0.39 is 15.9 Å². The second-order valence-corrected chi connectivity index (χ2v) is 9.30. The van der Waals surface area contributed by atoms with E-state index in [1.807, 2.05) is 30.3 Å². The van der Waals surface area contributed by atoms with Crippen LogP contribution < -0.4 is 10.1 Å². The van der Waals surface area contributed by atoms with Crippen LogP contribution in [0.4, 0.5) is 5.69 Å². The molecule has 0 atom stereocenters. The predicted octanol–water partition coefficient (Wildman–Crippen LogP) is 3.79. The number of carbonyl (C=O) groups is 1. The summed E-state index contributed by atoms with van der Waals surface area (Å²) in [6, 6.07) is 16.7. The minimum atomic E-state index is -3.82. The zero-order chi connectivity index (χ0) is 22.6. The zero-order valence-corrected chi connectivity index (χ0v) is 18.6. The molecular formula is C22H21ClN2O6S. The number of rotatable bonds is 7. The Morgan fingerprint density at radius 2 is 1.81 bits per heavy atom. The molecule has 1 amide bonds. The van der Waals surface area contributed by atoms with Gasteiger partial charge < -0.3 is 19.2 Å². The number of morpholine rings is 1. The summed E-state index contributed by atoms with van der Waals surface area (Å²) in [6.07, 6.45) is 0. The van der Waals surface area contributed by atoms with Crippen LogP contribution in [0.2, 0.25) is 5.02 Å². The van der Waals surface area contributed by atoms with E-state index in [9.17, 15) is 13.2 Å². The minimum Gasteiger partial charge on any atom is -0.486 e. The third-order valence-corrected chi connectivity index (χ3v) is 7.17. The molecule has 0 spiro atoms. The summed E-state index contributed by atoms with van der Waals surface area (Å²) in [5, 5.41) is 2.72. The van der Waals surface area contributed by atoms with Gasteiger partial charge in [0.15, 0.2) is 5.76 Å². The lowest BCUT2D eigenvalue weighted by atomic mass is 10.3. The molecule has 3 aromatic rings. The van der Waals surface area contributed by atoms with Crippen molar-refractivity contribution in [1.82, 2.24) is 4.31 Å². The van der Waals surface area contributed by atoms with Gasteiger partial charge >= 0.3 is 0 Å². The van der Waals surface area contributed by atoms with Crippen LogP contribution in [0, 0.1) is 0 Å². The summed E-state index contributed by atoms with van der Waals surface area (Å²) in [5.41, 5.74) is 0.282. The van der Waals surface area contributed by atoms with Crippen molar-refractivity contribution in [3.8, 4) is 5.75 Å². The van der Waals surface area contributed by atoms with Gasteiger partial charge in [0.05, 0.1) is 18.2 Å². The molecule has 1 aromatic heterocycles. The maximum absolute atomic E-state index is 12.9. The smallest absolute Gasteiger partial charge is 0.291 e. The van der Waals surface area contributed by atoms with E-state index in [1.165, 1.54) is 28.6 Å². The van der Waals surface area contributed by atoms with E-state index in [0.717, 1.165) is 0 Å². The van der Waals surface area contributed by atoms with Crippen molar-refractivity contribution in [2.45, 2.75) is 11.5 Å². The number of carbonyl (C=O) groups excluding carboxylic acids is 1. The van der Waals surface area contributed by atoms with Crippen molar-refractivity contribution in [3.63, 3.8) is 0 Å². The zero-order valence-electron chi connectivity index (χ0n) is 17.0. The predicted molar refractivity (Wildman–Crippen MR) is 118 cm³/mol. The molecule has 0 unspecified atom stereocenters. The molecule has 2 heterocycles. The highest BCUT2D eigenvalue weighted by Gasteiger charge is 2.28. The molecule has 1 aliphatic rings. The van der Waals surface area contributed by atoms with E-state index in [4.69, 9.17) is 25.5 Å². The molecule has 1 fully saturated rings. The first kappa shape index (κ1) is 22.3. The largest absolute Gasteiger partial charge is 0.486 e. The van der Waals surface area contributed by atoms with Gasteiger partial charge in [-0.15, -0.1) is 0 Å². The van der Waals surface area contributed by atoms with Crippen molar-refractivity contribution >= 4 is 33.2 Å². The van der Waals surface area contributed by atoms with Crippen molar-refractivity contribution in [2.24, 2.45) is 0 Å². The number of hydrogen-bond donors (Lipinski definition) is 1. The molecule has 1 aliphatic heterocycles. The minimum absolute atomic E-state index is 0.0733. The standard InChI is InChI=1S/C22H21ClN2O6S/c23-19-8-6-16(14-21(19)32(27,28)25-10-12-29-13-11-25)24-22(26)20-9-7-18(31-20)15-30-17-4-2-1-3-5-17/h1-9,14H,10-13,15H2,(H,24,26). The van der Waals surface area contributed by atoms with Crippen molar-refractivity contribution in [1.29, 1.82) is 0 Å². The molecule has 168 valence electrons. The van der Waals surface area contributed by atoms with E-state index in [2.05, 4.69) is 5.32 Å². The number of ether oxygens (including phenoxy) is 2. The van der Waals surface area contributed by atoms with Crippen LogP contribution in [0.15, 0.2) is 70.0 Å². The van der Waals surface area contributed by atoms with Crippen LogP contribution in [0.3, 0.4) is 0 Å². The van der Waals surface area contributed by atoms with Crippen LogP contribution >= 0.6 is 11.6 Å². The van der Waals surface area contributed by atoms with Gasteiger partial charge in [0, 0.05) is 18.8 Å². The Hall–Kier alpha value is -2.85. The number of sulfonamides is 1. The van der Waals surface area contributed by atoms with E-state index in [-0.39, 0.29) is 41.1 Å². The summed E-state index contributed by atoms with van der Waals surface area (Å²) in [5.74, 6) is 0.716. The number of hydrogen-bond acceptors (Lipinski definition) is 6. The molecule has 0 aliphatic carbocycles. The third-order valence-electron chi connectivity index (χ3n) is 4.79. The molecule has 0 radical (unpaired) electrons. The lowest BCUT2D eigenvalue weighted by molar-refractivity contribution is 0.0730. The average Bonchev–Trinajstić information content (AvgIpc) is 3.29.